The summed E-state index contributed by atoms with van der Waals surface area (Å²) in [6.45, 7) is 1.80. The third-order valence-electron chi connectivity index (χ3n) is 2.19. The molecule has 1 rings (SSSR count). The van der Waals surface area contributed by atoms with E-state index in [1.54, 1.807) is 25.4 Å². The van der Waals surface area contributed by atoms with Gasteiger partial charge in [0.15, 0.2) is 5.78 Å². The molecule has 0 aliphatic carbocycles. The van der Waals surface area contributed by atoms with E-state index in [0.29, 0.717) is 19.3 Å². The molecule has 1 aromatic heterocycles. The van der Waals surface area contributed by atoms with Gasteiger partial charge in [0.05, 0.1) is 0 Å². The molecular formula is C13H15NO2. The van der Waals surface area contributed by atoms with Gasteiger partial charge in [0.2, 0.25) is 0 Å². The zero-order valence-electron chi connectivity index (χ0n) is 9.35. The molecule has 16 heavy (non-hydrogen) atoms. The van der Waals surface area contributed by atoms with Crippen molar-refractivity contribution in [3.8, 4) is 0 Å². The monoisotopic (exact) mass is 217 g/mol. The molecule has 3 nitrogen and oxygen atoms in total. The number of nitrogens with zero attached hydrogens (tertiary/aromatic N) is 1. The molecular weight excluding hydrogens is 202 g/mol. The summed E-state index contributed by atoms with van der Waals surface area (Å²) in [6, 6.07) is 3.68. The predicted octanol–water partition coefficient (Wildman–Crippen LogP) is 2.42. The van der Waals surface area contributed by atoms with Crippen LogP contribution in [0.1, 0.15) is 31.7 Å². The van der Waals surface area contributed by atoms with Crippen LogP contribution in [0.25, 0.3) is 6.08 Å². The molecule has 1 aromatic rings. The highest BCUT2D eigenvalue weighted by Crippen LogP contribution is 2.01. The van der Waals surface area contributed by atoms with Crippen molar-refractivity contribution in [2.24, 2.45) is 0 Å². The summed E-state index contributed by atoms with van der Waals surface area (Å²) in [6.07, 6.45) is 7.71. The summed E-state index contributed by atoms with van der Waals surface area (Å²) < 4.78 is 0. The first-order valence-corrected chi connectivity index (χ1v) is 5.35. The molecule has 0 spiro atoms. The number of Topliss-reactive ketones (excluding diaryl/α,β-unsaturated/α-hetero) is 1. The first-order chi connectivity index (χ1) is 7.72. The number of hydrogen-bond acceptors (Lipinski definition) is 3. The van der Waals surface area contributed by atoms with Crippen LogP contribution in [0.4, 0.5) is 0 Å². The van der Waals surface area contributed by atoms with Crippen LogP contribution < -0.4 is 0 Å². The predicted molar refractivity (Wildman–Crippen MR) is 62.8 cm³/mol. The van der Waals surface area contributed by atoms with E-state index in [0.717, 1.165) is 5.56 Å². The molecule has 0 radical (unpaired) electrons. The Morgan fingerprint density at radius 2 is 2.19 bits per heavy atom. The Morgan fingerprint density at radius 1 is 1.38 bits per heavy atom. The Labute approximate surface area is 95.2 Å². The molecule has 0 aliphatic heterocycles. The summed E-state index contributed by atoms with van der Waals surface area (Å²) in [5.74, 6) is 0.105. The summed E-state index contributed by atoms with van der Waals surface area (Å²) in [7, 11) is 0. The van der Waals surface area contributed by atoms with Gasteiger partial charge in [-0.05, 0) is 23.8 Å². The van der Waals surface area contributed by atoms with Crippen molar-refractivity contribution in [2.75, 3.05) is 0 Å². The molecule has 3 heteroatoms. The van der Waals surface area contributed by atoms with Crippen molar-refractivity contribution in [3.63, 3.8) is 0 Å². The number of allylic oxidation sites excluding steroid dienone is 1. The molecule has 0 N–H and O–H groups in total. The highest BCUT2D eigenvalue weighted by molar-refractivity contribution is 5.95. The summed E-state index contributed by atoms with van der Waals surface area (Å²) >= 11 is 0. The highest BCUT2D eigenvalue weighted by atomic mass is 16.1. The second-order valence-electron chi connectivity index (χ2n) is 3.48. The number of hydrogen-bond donors (Lipinski definition) is 0. The lowest BCUT2D eigenvalue weighted by atomic mass is 10.1. The van der Waals surface area contributed by atoms with Crippen LogP contribution in [0.5, 0.6) is 0 Å². The Bertz CT molecular complexity index is 382. The summed E-state index contributed by atoms with van der Waals surface area (Å²) in [5.41, 5.74) is 0.887. The second kappa shape index (κ2) is 6.67. The number of carbonyl (C=O) groups excluding carboxylic acids is 2. The van der Waals surface area contributed by atoms with Gasteiger partial charge in [0.25, 0.3) is 0 Å². The van der Waals surface area contributed by atoms with Crippen molar-refractivity contribution >= 4 is 17.6 Å². The Kier molecular flexibility index (Phi) is 5.12. The molecule has 84 valence electrons. The fourth-order valence-electron chi connectivity index (χ4n) is 1.19. The largest absolute Gasteiger partial charge is 0.300 e. The van der Waals surface area contributed by atoms with Crippen molar-refractivity contribution in [2.45, 2.75) is 26.2 Å². The van der Waals surface area contributed by atoms with Crippen LogP contribution in [-0.4, -0.2) is 16.6 Å². The maximum Gasteiger partial charge on any atom is 0.156 e. The summed E-state index contributed by atoms with van der Waals surface area (Å²) in [4.78, 5) is 26.3. The smallest absolute Gasteiger partial charge is 0.156 e. The van der Waals surface area contributed by atoms with Crippen molar-refractivity contribution in [3.05, 3.63) is 36.2 Å². The van der Waals surface area contributed by atoms with E-state index >= 15 is 0 Å². The van der Waals surface area contributed by atoms with Crippen LogP contribution >= 0.6 is 0 Å². The van der Waals surface area contributed by atoms with Crippen molar-refractivity contribution in [1.82, 2.24) is 4.98 Å². The van der Waals surface area contributed by atoms with E-state index in [2.05, 4.69) is 4.98 Å². The quantitative estimate of drug-likeness (QED) is 0.687. The van der Waals surface area contributed by atoms with Gasteiger partial charge < -0.3 is 0 Å². The lowest BCUT2D eigenvalue weighted by Gasteiger charge is -1.94. The average molecular weight is 217 g/mol. The fraction of sp³-hybridized carbons (Fsp3) is 0.308. The van der Waals surface area contributed by atoms with E-state index in [4.69, 9.17) is 0 Å². The van der Waals surface area contributed by atoms with Gasteiger partial charge in [-0.1, -0.05) is 13.0 Å². The minimum absolute atomic E-state index is 0.0225. The van der Waals surface area contributed by atoms with Crippen LogP contribution in [0.15, 0.2) is 30.6 Å². The molecule has 0 unspecified atom stereocenters. The van der Waals surface area contributed by atoms with Gasteiger partial charge in [-0.2, -0.15) is 0 Å². The number of carbonyl (C=O) groups is 2. The number of aromatic nitrogens is 1. The van der Waals surface area contributed by atoms with E-state index in [-0.39, 0.29) is 11.6 Å². The molecule has 1 heterocycles. The molecule has 0 amide bonds. The van der Waals surface area contributed by atoms with Crippen LogP contribution in [0.2, 0.25) is 0 Å². The third kappa shape index (κ3) is 4.64. The van der Waals surface area contributed by atoms with E-state index in [9.17, 15) is 9.59 Å². The Morgan fingerprint density at radius 3 is 2.81 bits per heavy atom. The molecule has 0 atom stereocenters. The summed E-state index contributed by atoms with van der Waals surface area (Å²) in [5, 5.41) is 0. The van der Waals surface area contributed by atoms with Gasteiger partial charge in [0, 0.05) is 31.7 Å². The highest BCUT2D eigenvalue weighted by Gasteiger charge is 2.02. The van der Waals surface area contributed by atoms with Gasteiger partial charge in [-0.25, -0.2) is 0 Å². The number of rotatable bonds is 6. The maximum atomic E-state index is 11.4. The van der Waals surface area contributed by atoms with E-state index in [1.807, 2.05) is 12.1 Å². The fourth-order valence-corrected chi connectivity index (χ4v) is 1.19. The van der Waals surface area contributed by atoms with E-state index < -0.39 is 0 Å². The first kappa shape index (κ1) is 12.3. The SMILES string of the molecule is CCC(=O)CCC(=O)/C=C/c1cccnc1. The van der Waals surface area contributed by atoms with Crippen molar-refractivity contribution in [1.29, 1.82) is 0 Å². The van der Waals surface area contributed by atoms with Gasteiger partial charge >= 0.3 is 0 Å². The van der Waals surface area contributed by atoms with Gasteiger partial charge in [0.1, 0.15) is 5.78 Å². The molecule has 0 aliphatic rings. The lowest BCUT2D eigenvalue weighted by Crippen LogP contribution is -2.00. The zero-order chi connectivity index (χ0) is 11.8. The molecule has 0 bridgehead atoms. The topological polar surface area (TPSA) is 47.0 Å². The molecule has 0 aromatic carbocycles. The molecule has 0 saturated heterocycles. The van der Waals surface area contributed by atoms with Crippen LogP contribution in [0, 0.1) is 0 Å². The van der Waals surface area contributed by atoms with Crippen LogP contribution in [0.3, 0.4) is 0 Å². The zero-order valence-corrected chi connectivity index (χ0v) is 9.35. The average Bonchev–Trinajstić information content (AvgIpc) is 2.34. The standard InChI is InChI=1S/C13H15NO2/c1-2-12(15)7-8-13(16)6-5-11-4-3-9-14-10-11/h3-6,9-10H,2,7-8H2,1H3/b6-5+. The molecule has 0 fully saturated rings. The minimum atomic E-state index is -0.0225. The van der Waals surface area contributed by atoms with Crippen molar-refractivity contribution < 1.29 is 9.59 Å². The number of pyridine rings is 1. The third-order valence-corrected chi connectivity index (χ3v) is 2.19. The maximum absolute atomic E-state index is 11.4. The van der Waals surface area contributed by atoms with Gasteiger partial charge in [-0.15, -0.1) is 0 Å². The Balaban J connectivity index is 2.40. The second-order valence-corrected chi connectivity index (χ2v) is 3.48. The number of ketones is 2. The normalized spacial score (nSPS) is 10.6. The van der Waals surface area contributed by atoms with E-state index in [1.165, 1.54) is 6.08 Å². The lowest BCUT2D eigenvalue weighted by molar-refractivity contribution is -0.122. The van der Waals surface area contributed by atoms with Crippen LogP contribution in [-0.2, 0) is 9.59 Å². The molecule has 0 saturated carbocycles. The minimum Gasteiger partial charge on any atom is -0.300 e. The first-order valence-electron chi connectivity index (χ1n) is 5.35. The van der Waals surface area contributed by atoms with Gasteiger partial charge in [-0.3, -0.25) is 14.6 Å². The Hall–Kier alpha value is -1.77.